The molecule has 0 unspecified atom stereocenters. The molecule has 0 saturated carbocycles. The highest BCUT2D eigenvalue weighted by Gasteiger charge is 2.23. The zero-order valence-electron chi connectivity index (χ0n) is 15.7. The Bertz CT molecular complexity index is 945. The summed E-state index contributed by atoms with van der Waals surface area (Å²) in [6.07, 6.45) is 0. The first-order chi connectivity index (χ1) is 12.6. The van der Waals surface area contributed by atoms with E-state index in [0.717, 1.165) is 5.56 Å². The van der Waals surface area contributed by atoms with Crippen molar-refractivity contribution in [2.45, 2.75) is 38.6 Å². The summed E-state index contributed by atoms with van der Waals surface area (Å²) in [5, 5.41) is 3.17. The van der Waals surface area contributed by atoms with Crippen molar-refractivity contribution >= 4 is 33.2 Å². The van der Waals surface area contributed by atoms with Gasteiger partial charge in [0.15, 0.2) is 0 Å². The van der Waals surface area contributed by atoms with Crippen LogP contribution in [0.5, 0.6) is 5.75 Å². The first kappa shape index (κ1) is 21.2. The number of aryl methyl sites for hydroxylation is 2. The second-order valence-corrected chi connectivity index (χ2v) is 8.28. The number of hydrogen-bond donors (Lipinski definition) is 2. The monoisotopic (exact) mass is 410 g/mol. The van der Waals surface area contributed by atoms with Crippen LogP contribution in [-0.2, 0) is 14.8 Å². The maximum atomic E-state index is 12.6. The minimum absolute atomic E-state index is 0.0708. The summed E-state index contributed by atoms with van der Waals surface area (Å²) in [6.45, 7) is 7.44. The summed E-state index contributed by atoms with van der Waals surface area (Å²) >= 11 is 6.04. The van der Waals surface area contributed by atoms with E-state index in [1.54, 1.807) is 31.2 Å². The molecule has 0 radical (unpaired) electrons. The van der Waals surface area contributed by atoms with Gasteiger partial charge in [-0.3, -0.25) is 4.79 Å². The van der Waals surface area contributed by atoms with Gasteiger partial charge in [0.05, 0.1) is 17.5 Å². The van der Waals surface area contributed by atoms with Crippen LogP contribution in [0.3, 0.4) is 0 Å². The summed E-state index contributed by atoms with van der Waals surface area (Å²) in [7, 11) is -3.86. The number of hydrogen-bond acceptors (Lipinski definition) is 4. The lowest BCUT2D eigenvalue weighted by Crippen LogP contribution is -2.41. The zero-order chi connectivity index (χ0) is 20.2. The number of carbonyl (C=O) groups is 1. The van der Waals surface area contributed by atoms with Crippen molar-refractivity contribution in [1.82, 2.24) is 4.72 Å². The summed E-state index contributed by atoms with van der Waals surface area (Å²) in [4.78, 5) is 12.4. The number of ether oxygens (including phenoxy) is 1. The molecule has 146 valence electrons. The Balaban J connectivity index is 2.10. The Kier molecular flexibility index (Phi) is 6.86. The predicted octanol–water partition coefficient (Wildman–Crippen LogP) is 3.66. The van der Waals surface area contributed by atoms with E-state index in [4.69, 9.17) is 16.3 Å². The van der Waals surface area contributed by atoms with Crippen LogP contribution in [0.15, 0.2) is 41.3 Å². The van der Waals surface area contributed by atoms with Crippen molar-refractivity contribution < 1.29 is 17.9 Å². The van der Waals surface area contributed by atoms with E-state index in [9.17, 15) is 13.2 Å². The van der Waals surface area contributed by atoms with Crippen LogP contribution >= 0.6 is 11.6 Å². The lowest BCUT2D eigenvalue weighted by molar-refractivity contribution is -0.117. The van der Waals surface area contributed by atoms with E-state index in [1.165, 1.54) is 19.1 Å². The fourth-order valence-electron chi connectivity index (χ4n) is 2.38. The second-order valence-electron chi connectivity index (χ2n) is 6.16. The van der Waals surface area contributed by atoms with Crippen molar-refractivity contribution in [2.75, 3.05) is 11.9 Å². The Hall–Kier alpha value is -2.09. The van der Waals surface area contributed by atoms with Gasteiger partial charge in [-0.05, 0) is 69.2 Å². The molecule has 2 aromatic carbocycles. The maximum absolute atomic E-state index is 12.6. The number of carbonyl (C=O) groups excluding carboxylic acids is 1. The van der Waals surface area contributed by atoms with Gasteiger partial charge >= 0.3 is 0 Å². The number of rotatable bonds is 7. The Labute approximate surface area is 164 Å². The van der Waals surface area contributed by atoms with E-state index >= 15 is 0 Å². The molecular formula is C19H23ClN2O4S. The molecule has 0 aromatic heterocycles. The van der Waals surface area contributed by atoms with Gasteiger partial charge in [-0.25, -0.2) is 8.42 Å². The Morgan fingerprint density at radius 2 is 1.85 bits per heavy atom. The molecule has 8 heteroatoms. The molecule has 0 saturated heterocycles. The number of nitrogens with one attached hydrogen (secondary N) is 2. The molecule has 0 aliphatic heterocycles. The van der Waals surface area contributed by atoms with Crippen molar-refractivity contribution in [2.24, 2.45) is 0 Å². The number of anilines is 1. The lowest BCUT2D eigenvalue weighted by Gasteiger charge is -2.16. The molecule has 0 spiro atoms. The smallest absolute Gasteiger partial charge is 0.242 e. The van der Waals surface area contributed by atoms with Crippen molar-refractivity contribution in [3.8, 4) is 5.75 Å². The van der Waals surface area contributed by atoms with E-state index in [-0.39, 0.29) is 4.90 Å². The topological polar surface area (TPSA) is 84.5 Å². The molecule has 1 amide bonds. The molecule has 2 rings (SSSR count). The highest BCUT2D eigenvalue weighted by Crippen LogP contribution is 2.22. The molecule has 0 heterocycles. The second kappa shape index (κ2) is 8.73. The lowest BCUT2D eigenvalue weighted by atomic mass is 10.2. The van der Waals surface area contributed by atoms with Gasteiger partial charge in [0, 0.05) is 10.7 Å². The van der Waals surface area contributed by atoms with Crippen molar-refractivity contribution in [1.29, 1.82) is 0 Å². The molecule has 6 nitrogen and oxygen atoms in total. The van der Waals surface area contributed by atoms with Crippen LogP contribution in [0, 0.1) is 13.8 Å². The largest absolute Gasteiger partial charge is 0.494 e. The molecule has 27 heavy (non-hydrogen) atoms. The molecular weight excluding hydrogens is 388 g/mol. The minimum Gasteiger partial charge on any atom is -0.494 e. The summed E-state index contributed by atoms with van der Waals surface area (Å²) in [5.74, 6) is 0.139. The fourth-order valence-corrected chi connectivity index (χ4v) is 3.85. The van der Waals surface area contributed by atoms with E-state index in [2.05, 4.69) is 10.0 Å². The van der Waals surface area contributed by atoms with Crippen LogP contribution < -0.4 is 14.8 Å². The minimum atomic E-state index is -3.86. The predicted molar refractivity (Wildman–Crippen MR) is 107 cm³/mol. The first-order valence-corrected chi connectivity index (χ1v) is 10.3. The Morgan fingerprint density at radius 1 is 1.15 bits per heavy atom. The van der Waals surface area contributed by atoms with Crippen LogP contribution in [-0.4, -0.2) is 27.0 Å². The summed E-state index contributed by atoms with van der Waals surface area (Å²) in [6, 6.07) is 8.69. The molecule has 0 fully saturated rings. The fraction of sp³-hybridized carbons (Fsp3) is 0.316. The first-order valence-electron chi connectivity index (χ1n) is 8.47. The van der Waals surface area contributed by atoms with Crippen LogP contribution in [0.2, 0.25) is 5.02 Å². The third kappa shape index (κ3) is 5.45. The van der Waals surface area contributed by atoms with Crippen molar-refractivity contribution in [3.05, 3.63) is 52.5 Å². The van der Waals surface area contributed by atoms with Gasteiger partial charge in [-0.2, -0.15) is 4.72 Å². The van der Waals surface area contributed by atoms with Crippen LogP contribution in [0.4, 0.5) is 5.69 Å². The molecule has 0 bridgehead atoms. The SMILES string of the molecule is CCOc1ccc(S(=O)(=O)N[C@H](C)C(=O)Nc2ccc(C)c(Cl)c2)cc1C. The van der Waals surface area contributed by atoms with E-state index < -0.39 is 22.0 Å². The highest BCUT2D eigenvalue weighted by atomic mass is 35.5. The third-order valence-corrected chi connectivity index (χ3v) is 5.87. The zero-order valence-corrected chi connectivity index (χ0v) is 17.2. The number of benzene rings is 2. The average Bonchev–Trinajstić information content (AvgIpc) is 2.59. The summed E-state index contributed by atoms with van der Waals surface area (Å²) < 4.78 is 32.9. The number of sulfonamides is 1. The molecule has 0 aliphatic rings. The summed E-state index contributed by atoms with van der Waals surface area (Å²) in [5.41, 5.74) is 2.08. The number of halogens is 1. The van der Waals surface area contributed by atoms with Gasteiger partial charge in [0.1, 0.15) is 5.75 Å². The maximum Gasteiger partial charge on any atom is 0.242 e. The van der Waals surface area contributed by atoms with Gasteiger partial charge < -0.3 is 10.1 Å². The molecule has 2 aromatic rings. The van der Waals surface area contributed by atoms with Gasteiger partial charge in [0.2, 0.25) is 15.9 Å². The average molecular weight is 411 g/mol. The van der Waals surface area contributed by atoms with E-state index in [0.29, 0.717) is 28.6 Å². The van der Waals surface area contributed by atoms with Gasteiger partial charge in [-0.15, -0.1) is 0 Å². The molecule has 0 aliphatic carbocycles. The highest BCUT2D eigenvalue weighted by molar-refractivity contribution is 7.89. The van der Waals surface area contributed by atoms with Crippen LogP contribution in [0.25, 0.3) is 0 Å². The quantitative estimate of drug-likeness (QED) is 0.729. The molecule has 2 N–H and O–H groups in total. The van der Waals surface area contributed by atoms with Crippen molar-refractivity contribution in [3.63, 3.8) is 0 Å². The Morgan fingerprint density at radius 3 is 2.44 bits per heavy atom. The number of amides is 1. The normalized spacial score (nSPS) is 12.5. The van der Waals surface area contributed by atoms with Gasteiger partial charge in [-0.1, -0.05) is 17.7 Å². The standard InChI is InChI=1S/C19H23ClN2O4S/c1-5-26-18-9-8-16(10-13(18)3)27(24,25)22-14(4)19(23)21-15-7-6-12(2)17(20)11-15/h6-11,14,22H,5H2,1-4H3,(H,21,23)/t14-/m1/s1. The third-order valence-electron chi connectivity index (χ3n) is 3.92. The van der Waals surface area contributed by atoms with Gasteiger partial charge in [0.25, 0.3) is 0 Å². The van der Waals surface area contributed by atoms with Crippen LogP contribution in [0.1, 0.15) is 25.0 Å². The van der Waals surface area contributed by atoms with E-state index in [1.807, 2.05) is 13.8 Å². The molecule has 1 atom stereocenters.